The van der Waals surface area contributed by atoms with Gasteiger partial charge in [-0.1, -0.05) is 19.8 Å². The van der Waals surface area contributed by atoms with Gasteiger partial charge in [-0.2, -0.15) is 0 Å². The van der Waals surface area contributed by atoms with Crippen molar-refractivity contribution >= 4 is 11.9 Å². The van der Waals surface area contributed by atoms with E-state index < -0.39 is 5.54 Å². The lowest BCUT2D eigenvalue weighted by Crippen LogP contribution is -2.45. The van der Waals surface area contributed by atoms with Crippen molar-refractivity contribution in [3.8, 4) is 0 Å². The number of carbonyl (C=O) groups excluding carboxylic acids is 2. The fourth-order valence-corrected chi connectivity index (χ4v) is 3.02. The summed E-state index contributed by atoms with van der Waals surface area (Å²) in [6.07, 6.45) is 3.65. The third-order valence-corrected chi connectivity index (χ3v) is 4.18. The minimum atomic E-state index is -0.575. The molecule has 114 valence electrons. The van der Waals surface area contributed by atoms with Crippen LogP contribution in [0.15, 0.2) is 0 Å². The highest BCUT2D eigenvalue weighted by Crippen LogP contribution is 2.35. The maximum absolute atomic E-state index is 12.5. The molecule has 0 radical (unpaired) electrons. The van der Waals surface area contributed by atoms with Gasteiger partial charge in [0.25, 0.3) is 5.91 Å². The van der Waals surface area contributed by atoms with E-state index >= 15 is 0 Å². The second-order valence-electron chi connectivity index (χ2n) is 7.37. The van der Waals surface area contributed by atoms with Crippen LogP contribution >= 0.6 is 0 Å². The molecule has 1 aliphatic carbocycles. The summed E-state index contributed by atoms with van der Waals surface area (Å²) in [6, 6.07) is -0.209. The zero-order chi connectivity index (χ0) is 15.0. The second-order valence-corrected chi connectivity index (χ2v) is 7.37. The van der Waals surface area contributed by atoms with Crippen LogP contribution in [0.2, 0.25) is 0 Å². The van der Waals surface area contributed by atoms with Crippen molar-refractivity contribution in [3.63, 3.8) is 0 Å². The summed E-state index contributed by atoms with van der Waals surface area (Å²) in [5.41, 5.74) is -0.521. The van der Waals surface area contributed by atoms with E-state index in [4.69, 9.17) is 0 Å². The van der Waals surface area contributed by atoms with Gasteiger partial charge in [0.2, 0.25) is 0 Å². The maximum atomic E-state index is 12.5. The van der Waals surface area contributed by atoms with E-state index in [1.54, 1.807) is 0 Å². The maximum Gasteiger partial charge on any atom is 0.325 e. The lowest BCUT2D eigenvalue weighted by Gasteiger charge is -2.26. The molecule has 1 saturated carbocycles. The lowest BCUT2D eigenvalue weighted by molar-refractivity contribution is -0.131. The number of rotatable bonds is 4. The minimum Gasteiger partial charge on any atom is -0.323 e. The van der Waals surface area contributed by atoms with Crippen molar-refractivity contribution in [2.45, 2.75) is 64.5 Å². The Balaban J connectivity index is 1.92. The molecule has 1 unspecified atom stereocenters. The molecule has 0 aromatic heterocycles. The fraction of sp³-hybridized carbons (Fsp3) is 0.867. The fourth-order valence-electron chi connectivity index (χ4n) is 3.02. The van der Waals surface area contributed by atoms with Gasteiger partial charge in [-0.3, -0.25) is 9.69 Å². The van der Waals surface area contributed by atoms with E-state index in [0.717, 1.165) is 32.2 Å². The Hall–Kier alpha value is -1.10. The van der Waals surface area contributed by atoms with Crippen LogP contribution in [0.4, 0.5) is 4.79 Å². The Morgan fingerprint density at radius 3 is 2.45 bits per heavy atom. The van der Waals surface area contributed by atoms with Crippen molar-refractivity contribution in [2.24, 2.45) is 5.92 Å². The molecule has 20 heavy (non-hydrogen) atoms. The van der Waals surface area contributed by atoms with Crippen LogP contribution in [-0.4, -0.2) is 41.0 Å². The summed E-state index contributed by atoms with van der Waals surface area (Å²) in [7, 11) is 0. The average molecular weight is 281 g/mol. The standard InChI is InChI=1S/C15H27N3O2/c1-11(9-16-14(2,3)4)10-18-12(19)15(17-13(18)20)7-5-6-8-15/h11,16H,5-10H2,1-4H3,(H,17,20). The molecule has 2 rings (SSSR count). The van der Waals surface area contributed by atoms with E-state index in [9.17, 15) is 9.59 Å². The smallest absolute Gasteiger partial charge is 0.323 e. The van der Waals surface area contributed by atoms with Crippen LogP contribution in [0.5, 0.6) is 0 Å². The van der Waals surface area contributed by atoms with Gasteiger partial charge in [0.05, 0.1) is 0 Å². The molecule has 1 spiro atoms. The third kappa shape index (κ3) is 3.14. The first-order chi connectivity index (χ1) is 9.23. The summed E-state index contributed by atoms with van der Waals surface area (Å²) in [4.78, 5) is 26.0. The number of urea groups is 1. The topological polar surface area (TPSA) is 61.4 Å². The molecular formula is C15H27N3O2. The third-order valence-electron chi connectivity index (χ3n) is 4.18. The highest BCUT2D eigenvalue weighted by molar-refractivity contribution is 6.07. The number of nitrogens with one attached hydrogen (secondary N) is 2. The Labute approximate surface area is 121 Å². The SMILES string of the molecule is CC(CNC(C)(C)C)CN1C(=O)NC2(CCCC2)C1=O. The highest BCUT2D eigenvalue weighted by Gasteiger charge is 2.52. The van der Waals surface area contributed by atoms with Crippen LogP contribution in [0, 0.1) is 5.92 Å². The normalized spacial score (nSPS) is 23.5. The van der Waals surface area contributed by atoms with Crippen LogP contribution in [0.1, 0.15) is 53.4 Å². The van der Waals surface area contributed by atoms with E-state index in [0.29, 0.717) is 6.54 Å². The molecular weight excluding hydrogens is 254 g/mol. The molecule has 0 aromatic carbocycles. The number of hydrogen-bond acceptors (Lipinski definition) is 3. The first kappa shape index (κ1) is 15.3. The number of carbonyl (C=O) groups is 2. The van der Waals surface area contributed by atoms with Gasteiger partial charge in [-0.25, -0.2) is 4.79 Å². The predicted octanol–water partition coefficient (Wildman–Crippen LogP) is 1.88. The van der Waals surface area contributed by atoms with Gasteiger partial charge in [-0.05, 0) is 46.1 Å². The van der Waals surface area contributed by atoms with Gasteiger partial charge in [-0.15, -0.1) is 0 Å². The van der Waals surface area contributed by atoms with Crippen molar-refractivity contribution in [1.29, 1.82) is 0 Å². The second kappa shape index (κ2) is 5.35. The number of imide groups is 1. The summed E-state index contributed by atoms with van der Waals surface area (Å²) in [5, 5.41) is 6.34. The minimum absolute atomic E-state index is 0.0115. The van der Waals surface area contributed by atoms with Gasteiger partial charge in [0.1, 0.15) is 5.54 Å². The van der Waals surface area contributed by atoms with Gasteiger partial charge in [0.15, 0.2) is 0 Å². The van der Waals surface area contributed by atoms with E-state index in [-0.39, 0.29) is 23.4 Å². The molecule has 1 saturated heterocycles. The Bertz CT molecular complexity index is 394. The van der Waals surface area contributed by atoms with Crippen LogP contribution < -0.4 is 10.6 Å². The average Bonchev–Trinajstić information content (AvgIpc) is 2.88. The monoisotopic (exact) mass is 281 g/mol. The first-order valence-corrected chi connectivity index (χ1v) is 7.63. The summed E-state index contributed by atoms with van der Waals surface area (Å²) >= 11 is 0. The molecule has 2 aliphatic rings. The molecule has 2 N–H and O–H groups in total. The van der Waals surface area contributed by atoms with Gasteiger partial charge >= 0.3 is 6.03 Å². The molecule has 0 bridgehead atoms. The molecule has 0 aromatic rings. The highest BCUT2D eigenvalue weighted by atomic mass is 16.2. The van der Waals surface area contributed by atoms with E-state index in [2.05, 4.69) is 38.3 Å². The molecule has 5 heteroatoms. The lowest BCUT2D eigenvalue weighted by atomic mass is 9.97. The molecule has 3 amide bonds. The number of amides is 3. The van der Waals surface area contributed by atoms with Crippen molar-refractivity contribution in [3.05, 3.63) is 0 Å². The Morgan fingerprint density at radius 1 is 1.30 bits per heavy atom. The van der Waals surface area contributed by atoms with Crippen LogP contribution in [0.25, 0.3) is 0 Å². The number of nitrogens with zero attached hydrogens (tertiary/aromatic N) is 1. The summed E-state index contributed by atoms with van der Waals surface area (Å²) in [5.74, 6) is 0.239. The quantitative estimate of drug-likeness (QED) is 0.773. The van der Waals surface area contributed by atoms with Crippen LogP contribution in [0.3, 0.4) is 0 Å². The first-order valence-electron chi connectivity index (χ1n) is 7.63. The zero-order valence-corrected chi connectivity index (χ0v) is 13.1. The zero-order valence-electron chi connectivity index (χ0n) is 13.1. The predicted molar refractivity (Wildman–Crippen MR) is 78.4 cm³/mol. The van der Waals surface area contributed by atoms with Crippen molar-refractivity contribution < 1.29 is 9.59 Å². The molecule has 5 nitrogen and oxygen atoms in total. The molecule has 1 atom stereocenters. The Morgan fingerprint density at radius 2 is 1.90 bits per heavy atom. The molecule has 1 heterocycles. The summed E-state index contributed by atoms with van der Waals surface area (Å²) in [6.45, 7) is 9.70. The summed E-state index contributed by atoms with van der Waals surface area (Å²) < 4.78 is 0. The number of hydrogen-bond donors (Lipinski definition) is 2. The Kier molecular flexibility index (Phi) is 4.09. The van der Waals surface area contributed by atoms with E-state index in [1.165, 1.54) is 4.90 Å². The van der Waals surface area contributed by atoms with Gasteiger partial charge < -0.3 is 10.6 Å². The largest absolute Gasteiger partial charge is 0.325 e. The van der Waals surface area contributed by atoms with Crippen LogP contribution in [-0.2, 0) is 4.79 Å². The molecule has 2 fully saturated rings. The van der Waals surface area contributed by atoms with Crippen molar-refractivity contribution in [2.75, 3.05) is 13.1 Å². The van der Waals surface area contributed by atoms with E-state index in [1.807, 2.05) is 0 Å². The van der Waals surface area contributed by atoms with Gasteiger partial charge in [0, 0.05) is 12.1 Å². The molecule has 1 aliphatic heterocycles. The van der Waals surface area contributed by atoms with Crippen molar-refractivity contribution in [1.82, 2.24) is 15.5 Å².